The number of carbonyl (C=O) groups excluding carboxylic acids is 2. The van der Waals surface area contributed by atoms with E-state index in [9.17, 15) is 9.59 Å². The molecule has 0 spiro atoms. The van der Waals surface area contributed by atoms with Crippen molar-refractivity contribution in [3.05, 3.63) is 101 Å². The van der Waals surface area contributed by atoms with Crippen LogP contribution in [0.5, 0.6) is 0 Å². The number of hydrogen-bond donors (Lipinski definition) is 3. The number of nitrogens with zero attached hydrogens (tertiary/aromatic N) is 1. The lowest BCUT2D eigenvalue weighted by atomic mass is 9.96. The number of carbonyl (C=O) groups is 2. The molecule has 4 aromatic rings. The number of para-hydroxylation sites is 1. The van der Waals surface area contributed by atoms with Gasteiger partial charge in [0.25, 0.3) is 11.8 Å². The molecule has 6 heteroatoms. The minimum atomic E-state index is -1.07. The summed E-state index contributed by atoms with van der Waals surface area (Å²) < 4.78 is 0. The highest BCUT2D eigenvalue weighted by Gasteiger charge is 2.28. The number of aryl methyl sites for hydroxylation is 1. The van der Waals surface area contributed by atoms with Gasteiger partial charge in [-0.3, -0.25) is 9.59 Å². The third-order valence-electron chi connectivity index (χ3n) is 5.36. The Morgan fingerprint density at radius 2 is 1.74 bits per heavy atom. The van der Waals surface area contributed by atoms with Crippen LogP contribution >= 0.6 is 0 Å². The second-order valence-electron chi connectivity index (χ2n) is 7.48. The molecule has 0 saturated heterocycles. The first-order valence-corrected chi connectivity index (χ1v) is 10.0. The zero-order valence-electron chi connectivity index (χ0n) is 16.8. The van der Waals surface area contributed by atoms with Crippen LogP contribution in [0.1, 0.15) is 27.2 Å². The molecule has 0 aliphatic carbocycles. The van der Waals surface area contributed by atoms with Crippen LogP contribution in [-0.2, 0) is 4.79 Å². The average molecular weight is 408 g/mol. The van der Waals surface area contributed by atoms with Crippen molar-refractivity contribution in [1.82, 2.24) is 10.3 Å². The Labute approximate surface area is 179 Å². The number of fused-ring (bicyclic) bond motifs is 2. The lowest BCUT2D eigenvalue weighted by Gasteiger charge is -2.13. The molecule has 2 heterocycles. The quantitative estimate of drug-likeness (QED) is 0.478. The minimum absolute atomic E-state index is 0.378. The van der Waals surface area contributed by atoms with Gasteiger partial charge in [0.2, 0.25) is 6.17 Å². The number of rotatable bonds is 3. The SMILES string of the molecule is Cc1cccc2c1C(c1ccccc1)=N[C@H](NC(=O)c1cc3ccccc3[nH]1)C(=O)N2. The molecule has 2 amide bonds. The third-order valence-corrected chi connectivity index (χ3v) is 5.36. The van der Waals surface area contributed by atoms with Crippen LogP contribution in [0.15, 0.2) is 83.9 Å². The van der Waals surface area contributed by atoms with Gasteiger partial charge in [-0.25, -0.2) is 4.99 Å². The fourth-order valence-corrected chi connectivity index (χ4v) is 3.85. The van der Waals surface area contributed by atoms with E-state index in [0.717, 1.165) is 27.6 Å². The molecule has 0 bridgehead atoms. The Kier molecular flexibility index (Phi) is 4.59. The van der Waals surface area contributed by atoms with Crippen LogP contribution in [0.25, 0.3) is 10.9 Å². The van der Waals surface area contributed by atoms with Crippen molar-refractivity contribution in [2.75, 3.05) is 5.32 Å². The standard InChI is InChI=1S/C25H20N4O2/c1-15-8-7-13-19-21(15)22(16-9-3-2-4-10-16)28-23(25(31)27-19)29-24(30)20-14-17-11-5-6-12-18(17)26-20/h2-14,23,26H,1H3,(H,27,31)(H,29,30)/t23-/m1/s1. The van der Waals surface area contributed by atoms with Crippen LogP contribution in [0.2, 0.25) is 0 Å². The summed E-state index contributed by atoms with van der Waals surface area (Å²) >= 11 is 0. The largest absolute Gasteiger partial charge is 0.351 e. The Hall–Kier alpha value is -4.19. The molecule has 1 aliphatic rings. The first kappa shape index (κ1) is 18.8. The number of aromatic amines is 1. The van der Waals surface area contributed by atoms with Crippen LogP contribution in [0.3, 0.4) is 0 Å². The zero-order chi connectivity index (χ0) is 21.4. The molecule has 1 aromatic heterocycles. The van der Waals surface area contributed by atoms with Crippen LogP contribution < -0.4 is 10.6 Å². The number of aromatic nitrogens is 1. The topological polar surface area (TPSA) is 86.3 Å². The monoisotopic (exact) mass is 408 g/mol. The Bertz CT molecular complexity index is 1310. The molecule has 152 valence electrons. The summed E-state index contributed by atoms with van der Waals surface area (Å²) in [5, 5.41) is 6.61. The summed E-state index contributed by atoms with van der Waals surface area (Å²) in [5.41, 5.74) is 5.29. The van der Waals surface area contributed by atoms with Gasteiger partial charge in [-0.15, -0.1) is 0 Å². The van der Waals surface area contributed by atoms with Gasteiger partial charge in [-0.05, 0) is 30.7 Å². The maximum absolute atomic E-state index is 13.0. The minimum Gasteiger partial charge on any atom is -0.351 e. The van der Waals surface area contributed by atoms with E-state index in [0.29, 0.717) is 17.1 Å². The molecule has 1 atom stereocenters. The normalized spacial score (nSPS) is 15.6. The van der Waals surface area contributed by atoms with Gasteiger partial charge in [0, 0.05) is 22.0 Å². The van der Waals surface area contributed by atoms with E-state index in [2.05, 4.69) is 15.6 Å². The van der Waals surface area contributed by atoms with Crippen LogP contribution in [0, 0.1) is 6.92 Å². The second-order valence-corrected chi connectivity index (χ2v) is 7.48. The molecule has 3 aromatic carbocycles. The van der Waals surface area contributed by atoms with Gasteiger partial charge in [0.15, 0.2) is 0 Å². The number of H-pyrrole nitrogens is 1. The van der Waals surface area contributed by atoms with Gasteiger partial charge in [-0.1, -0.05) is 60.7 Å². The maximum atomic E-state index is 13.0. The highest BCUT2D eigenvalue weighted by atomic mass is 16.2. The summed E-state index contributed by atoms with van der Waals surface area (Å²) in [5.74, 6) is -0.780. The fraction of sp³-hybridized carbons (Fsp3) is 0.0800. The number of aliphatic imine (C=N–C) groups is 1. The number of anilines is 1. The van der Waals surface area contributed by atoms with Gasteiger partial charge >= 0.3 is 0 Å². The fourth-order valence-electron chi connectivity index (χ4n) is 3.85. The molecule has 0 fully saturated rings. The highest BCUT2D eigenvalue weighted by molar-refractivity contribution is 6.20. The Morgan fingerprint density at radius 3 is 2.55 bits per heavy atom. The van der Waals surface area contributed by atoms with Gasteiger partial charge in [-0.2, -0.15) is 0 Å². The number of hydrogen-bond acceptors (Lipinski definition) is 3. The lowest BCUT2D eigenvalue weighted by molar-refractivity contribution is -0.117. The molecule has 3 N–H and O–H groups in total. The number of benzodiazepines with no additional fused rings is 1. The van der Waals surface area contributed by atoms with Gasteiger partial charge in [0.1, 0.15) is 5.69 Å². The van der Waals surface area contributed by atoms with Gasteiger partial charge in [0.05, 0.1) is 11.4 Å². The van der Waals surface area contributed by atoms with Crippen molar-refractivity contribution in [1.29, 1.82) is 0 Å². The average Bonchev–Trinajstić information content (AvgIpc) is 3.16. The second kappa shape index (κ2) is 7.57. The summed E-state index contributed by atoms with van der Waals surface area (Å²) in [7, 11) is 0. The molecule has 0 saturated carbocycles. The molecular weight excluding hydrogens is 388 g/mol. The molecular formula is C25H20N4O2. The lowest BCUT2D eigenvalue weighted by Crippen LogP contribution is -2.42. The molecule has 6 nitrogen and oxygen atoms in total. The number of amides is 2. The van der Waals surface area contributed by atoms with E-state index in [1.807, 2.05) is 79.7 Å². The molecule has 5 rings (SSSR count). The predicted molar refractivity (Wildman–Crippen MR) is 121 cm³/mol. The van der Waals surface area contributed by atoms with Crippen LogP contribution in [0.4, 0.5) is 5.69 Å². The van der Waals surface area contributed by atoms with Crippen molar-refractivity contribution < 1.29 is 9.59 Å². The molecule has 31 heavy (non-hydrogen) atoms. The summed E-state index contributed by atoms with van der Waals surface area (Å²) in [6, 6.07) is 24.8. The number of benzene rings is 3. The zero-order valence-corrected chi connectivity index (χ0v) is 16.8. The predicted octanol–water partition coefficient (Wildman–Crippen LogP) is 4.02. The van der Waals surface area contributed by atoms with E-state index in [-0.39, 0.29) is 5.91 Å². The van der Waals surface area contributed by atoms with E-state index >= 15 is 0 Å². The molecule has 1 aliphatic heterocycles. The van der Waals surface area contributed by atoms with Crippen molar-refractivity contribution >= 4 is 34.1 Å². The molecule has 0 unspecified atom stereocenters. The van der Waals surface area contributed by atoms with Gasteiger partial charge < -0.3 is 15.6 Å². The first-order valence-electron chi connectivity index (χ1n) is 10.0. The van der Waals surface area contributed by atoms with E-state index in [1.165, 1.54) is 0 Å². The molecule has 0 radical (unpaired) electrons. The van der Waals surface area contributed by atoms with E-state index < -0.39 is 12.1 Å². The summed E-state index contributed by atoms with van der Waals surface area (Å²) in [6.07, 6.45) is -1.07. The van der Waals surface area contributed by atoms with Crippen molar-refractivity contribution in [2.24, 2.45) is 4.99 Å². The maximum Gasteiger partial charge on any atom is 0.269 e. The van der Waals surface area contributed by atoms with Crippen molar-refractivity contribution in [3.8, 4) is 0 Å². The van der Waals surface area contributed by atoms with Crippen LogP contribution in [-0.4, -0.2) is 28.7 Å². The number of nitrogens with one attached hydrogen (secondary N) is 3. The van der Waals surface area contributed by atoms with Crippen molar-refractivity contribution in [2.45, 2.75) is 13.1 Å². The summed E-state index contributed by atoms with van der Waals surface area (Å²) in [6.45, 7) is 1.98. The Morgan fingerprint density at radius 1 is 0.968 bits per heavy atom. The smallest absolute Gasteiger partial charge is 0.269 e. The van der Waals surface area contributed by atoms with E-state index in [4.69, 9.17) is 4.99 Å². The first-order chi connectivity index (χ1) is 15.1. The summed E-state index contributed by atoms with van der Waals surface area (Å²) in [4.78, 5) is 33.7. The van der Waals surface area contributed by atoms with Crippen molar-refractivity contribution in [3.63, 3.8) is 0 Å². The highest BCUT2D eigenvalue weighted by Crippen LogP contribution is 2.27. The third kappa shape index (κ3) is 3.48. The van der Waals surface area contributed by atoms with E-state index in [1.54, 1.807) is 6.07 Å². The Balaban J connectivity index is 1.55.